The Bertz CT molecular complexity index is 459. The van der Waals surface area contributed by atoms with E-state index >= 15 is 0 Å². The zero-order valence-electron chi connectivity index (χ0n) is 14.8. The molecule has 1 spiro atoms. The van der Waals surface area contributed by atoms with Gasteiger partial charge in [-0.3, -0.25) is 0 Å². The van der Waals surface area contributed by atoms with E-state index in [1.54, 1.807) is 0 Å². The highest BCUT2D eigenvalue weighted by Crippen LogP contribution is 2.54. The van der Waals surface area contributed by atoms with Crippen LogP contribution >= 0.6 is 0 Å². The lowest BCUT2D eigenvalue weighted by atomic mass is 9.70. The van der Waals surface area contributed by atoms with Gasteiger partial charge < -0.3 is 0 Å². The highest BCUT2D eigenvalue weighted by Gasteiger charge is 2.70. The van der Waals surface area contributed by atoms with Crippen molar-refractivity contribution < 1.29 is 0 Å². The minimum Gasteiger partial charge on any atom is -0.231 e. The third-order valence-electron chi connectivity index (χ3n) is 4.66. The third-order valence-corrected chi connectivity index (χ3v) is 4.66. The van der Waals surface area contributed by atoms with Crippen LogP contribution in [0.4, 0.5) is 0 Å². The first-order valence-corrected chi connectivity index (χ1v) is 7.46. The van der Waals surface area contributed by atoms with Crippen LogP contribution in [0.5, 0.6) is 0 Å². The maximum absolute atomic E-state index is 4.69. The predicted octanol–water partition coefficient (Wildman–Crippen LogP) is 3.33. The van der Waals surface area contributed by atoms with Crippen LogP contribution in [0.15, 0.2) is 20.8 Å². The average Bonchev–Trinajstić information content (AvgIpc) is 2.74. The Morgan fingerprint density at radius 3 is 1.71 bits per heavy atom. The van der Waals surface area contributed by atoms with Crippen LogP contribution in [0, 0.1) is 10.8 Å². The molecule has 0 aromatic heterocycles. The topological polar surface area (TPSA) is 59.2 Å². The van der Waals surface area contributed by atoms with E-state index in [0.717, 1.165) is 6.54 Å². The Morgan fingerprint density at radius 1 is 0.857 bits per heavy atom. The van der Waals surface area contributed by atoms with E-state index in [0.29, 0.717) is 0 Å². The molecule has 2 aliphatic rings. The van der Waals surface area contributed by atoms with Crippen LogP contribution in [0.3, 0.4) is 0 Å². The van der Waals surface area contributed by atoms with Crippen LogP contribution in [0.25, 0.3) is 0 Å². The van der Waals surface area contributed by atoms with Crippen LogP contribution in [0.2, 0.25) is 0 Å². The molecule has 0 bridgehead atoms. The maximum Gasteiger partial charge on any atom is 0.268 e. The number of likely N-dealkylation sites (N-methyl/N-ethyl adjacent to an activating group) is 2. The fraction of sp³-hybridized carbons (Fsp3) is 1.00. The molecule has 0 radical (unpaired) electrons. The van der Waals surface area contributed by atoms with Gasteiger partial charge in [0.05, 0.1) is 0 Å². The molecule has 0 amide bonds. The lowest BCUT2D eigenvalue weighted by molar-refractivity contribution is -0.170. The number of rotatable bonds is 1. The van der Waals surface area contributed by atoms with Crippen molar-refractivity contribution in [3.8, 4) is 0 Å². The van der Waals surface area contributed by atoms with E-state index in [1.807, 2.05) is 29.1 Å². The molecule has 0 aromatic carbocycles. The lowest BCUT2D eigenvalue weighted by Crippen LogP contribution is -2.73. The first-order chi connectivity index (χ1) is 9.36. The summed E-state index contributed by atoms with van der Waals surface area (Å²) in [6.45, 7) is 16.1. The molecule has 120 valence electrons. The van der Waals surface area contributed by atoms with Gasteiger partial charge in [-0.2, -0.15) is 5.11 Å². The summed E-state index contributed by atoms with van der Waals surface area (Å²) >= 11 is 0. The summed E-state index contributed by atoms with van der Waals surface area (Å²) in [5.41, 5.74) is -0.460. The molecule has 0 saturated carbocycles. The second-order valence-electron chi connectivity index (χ2n) is 8.49. The average molecular weight is 295 g/mol. The zero-order chi connectivity index (χ0) is 16.3. The number of hydrogen-bond acceptors (Lipinski definition) is 7. The molecule has 1 atom stereocenters. The van der Waals surface area contributed by atoms with Crippen LogP contribution in [0.1, 0.15) is 48.5 Å². The van der Waals surface area contributed by atoms with Crippen molar-refractivity contribution in [2.24, 2.45) is 31.6 Å². The normalized spacial score (nSPS) is 28.3. The second-order valence-corrected chi connectivity index (χ2v) is 8.49. The number of nitrogens with zero attached hydrogens (tertiary/aromatic N) is 7. The van der Waals surface area contributed by atoms with E-state index < -0.39 is 11.3 Å². The molecule has 2 aliphatic heterocycles. The lowest BCUT2D eigenvalue weighted by Gasteiger charge is -2.53. The SMILES string of the molecule is CN1N=NN(C)C12N(CC(C)(C)C)N=N[C@]2(C)C(C)(C)C. The van der Waals surface area contributed by atoms with Crippen LogP contribution < -0.4 is 0 Å². The van der Waals surface area contributed by atoms with E-state index in [2.05, 4.69) is 69.3 Å². The van der Waals surface area contributed by atoms with Gasteiger partial charge in [0.1, 0.15) is 0 Å². The van der Waals surface area contributed by atoms with Gasteiger partial charge in [-0.15, -0.1) is 0 Å². The molecule has 0 aliphatic carbocycles. The Morgan fingerprint density at radius 2 is 1.33 bits per heavy atom. The molecule has 2 rings (SSSR count). The summed E-state index contributed by atoms with van der Waals surface area (Å²) in [4.78, 5) is 0. The molecule has 0 N–H and O–H groups in total. The molecule has 0 saturated heterocycles. The summed E-state index contributed by atoms with van der Waals surface area (Å²) < 4.78 is 0. The molecule has 0 fully saturated rings. The van der Waals surface area contributed by atoms with Gasteiger partial charge >= 0.3 is 0 Å². The Kier molecular flexibility index (Phi) is 3.27. The predicted molar refractivity (Wildman–Crippen MR) is 82.0 cm³/mol. The zero-order valence-corrected chi connectivity index (χ0v) is 14.8. The van der Waals surface area contributed by atoms with Gasteiger partial charge in [0.25, 0.3) is 5.79 Å². The standard InChI is InChI=1S/C14H29N7/c1-11(2,3)10-21-14(19(8)17-18-20(14)9)13(7,15-16-21)12(4,5)6/h10H2,1-9H3/t13-/m1/s1. The van der Waals surface area contributed by atoms with E-state index in [1.165, 1.54) is 0 Å². The van der Waals surface area contributed by atoms with Crippen molar-refractivity contribution in [2.45, 2.75) is 59.8 Å². The van der Waals surface area contributed by atoms with E-state index in [4.69, 9.17) is 0 Å². The smallest absolute Gasteiger partial charge is 0.231 e. The van der Waals surface area contributed by atoms with Gasteiger partial charge in [-0.05, 0) is 28.2 Å². The fourth-order valence-electron chi connectivity index (χ4n) is 3.19. The summed E-state index contributed by atoms with van der Waals surface area (Å²) in [5.74, 6) is -0.599. The largest absolute Gasteiger partial charge is 0.268 e. The summed E-state index contributed by atoms with van der Waals surface area (Å²) in [7, 11) is 3.89. The molecule has 0 aromatic rings. The van der Waals surface area contributed by atoms with Gasteiger partial charge in [0.2, 0.25) is 0 Å². The first kappa shape index (κ1) is 16.0. The first-order valence-electron chi connectivity index (χ1n) is 7.46. The molecule has 7 heteroatoms. The van der Waals surface area contributed by atoms with Gasteiger partial charge in [0, 0.05) is 20.6 Å². The number of hydrogen-bond donors (Lipinski definition) is 0. The Labute approximate surface area is 128 Å². The molecule has 0 unspecified atom stereocenters. The minimum absolute atomic E-state index is 0.0962. The maximum atomic E-state index is 4.69. The highest BCUT2D eigenvalue weighted by molar-refractivity contribution is 5.14. The van der Waals surface area contributed by atoms with Crippen molar-refractivity contribution in [3.05, 3.63) is 0 Å². The van der Waals surface area contributed by atoms with E-state index in [9.17, 15) is 0 Å². The van der Waals surface area contributed by atoms with Crippen LogP contribution in [-0.2, 0) is 0 Å². The van der Waals surface area contributed by atoms with E-state index in [-0.39, 0.29) is 10.8 Å². The second kappa shape index (κ2) is 4.30. The minimum atomic E-state index is -0.599. The van der Waals surface area contributed by atoms with Gasteiger partial charge in [0.15, 0.2) is 5.54 Å². The Balaban J connectivity index is 2.55. The van der Waals surface area contributed by atoms with Crippen molar-refractivity contribution in [3.63, 3.8) is 0 Å². The summed E-state index contributed by atoms with van der Waals surface area (Å²) in [6.07, 6.45) is 0. The summed E-state index contributed by atoms with van der Waals surface area (Å²) in [6, 6.07) is 0. The van der Waals surface area contributed by atoms with Crippen molar-refractivity contribution in [1.29, 1.82) is 0 Å². The third kappa shape index (κ3) is 2.00. The molecular weight excluding hydrogens is 266 g/mol. The highest BCUT2D eigenvalue weighted by atomic mass is 15.9. The van der Waals surface area contributed by atoms with Crippen molar-refractivity contribution >= 4 is 0 Å². The quantitative estimate of drug-likeness (QED) is 0.745. The summed E-state index contributed by atoms with van der Waals surface area (Å²) in [5, 5.41) is 23.6. The molecule has 7 nitrogen and oxygen atoms in total. The van der Waals surface area contributed by atoms with Crippen LogP contribution in [-0.4, -0.2) is 47.0 Å². The fourth-order valence-corrected chi connectivity index (χ4v) is 3.19. The molecular formula is C14H29N7. The molecule has 2 heterocycles. The molecule has 21 heavy (non-hydrogen) atoms. The van der Waals surface area contributed by atoms with Crippen molar-refractivity contribution in [2.75, 3.05) is 20.6 Å². The van der Waals surface area contributed by atoms with Gasteiger partial charge in [-0.1, -0.05) is 46.8 Å². The Hall–Kier alpha value is -1.40. The monoisotopic (exact) mass is 295 g/mol. The van der Waals surface area contributed by atoms with Gasteiger partial charge in [-0.25, -0.2) is 15.0 Å². The van der Waals surface area contributed by atoms with Crippen molar-refractivity contribution in [1.82, 2.24) is 15.0 Å².